The number of hydrogen-bond acceptors (Lipinski definition) is 10. The van der Waals surface area contributed by atoms with Crippen molar-refractivity contribution in [2.45, 2.75) is 32.9 Å². The van der Waals surface area contributed by atoms with Crippen LogP contribution in [0.2, 0.25) is 0 Å². The summed E-state index contributed by atoms with van der Waals surface area (Å²) in [6.45, 7) is 6.75. The first kappa shape index (κ1) is 34.4. The Morgan fingerprint density at radius 2 is 1.83 bits per heavy atom. The van der Waals surface area contributed by atoms with E-state index in [0.29, 0.717) is 35.0 Å². The van der Waals surface area contributed by atoms with Crippen LogP contribution in [0.25, 0.3) is 33.5 Å². The summed E-state index contributed by atoms with van der Waals surface area (Å²) >= 11 is 0. The molecule has 1 unspecified atom stereocenters. The van der Waals surface area contributed by atoms with Crippen LogP contribution in [-0.2, 0) is 17.8 Å². The van der Waals surface area contributed by atoms with Crippen LogP contribution in [0.3, 0.4) is 0 Å². The van der Waals surface area contributed by atoms with Gasteiger partial charge in [0.2, 0.25) is 11.7 Å². The Bertz CT molecular complexity index is 1730. The summed E-state index contributed by atoms with van der Waals surface area (Å²) in [6.07, 6.45) is 0.412. The topological polar surface area (TPSA) is 140 Å². The summed E-state index contributed by atoms with van der Waals surface area (Å²) in [5.74, 6) is 1.50. The molecule has 46 heavy (non-hydrogen) atoms. The molecule has 12 nitrogen and oxygen atoms in total. The quantitative estimate of drug-likeness (QED) is 0.189. The molecule has 0 radical (unpaired) electrons. The van der Waals surface area contributed by atoms with Crippen LogP contribution in [0.4, 0.5) is 4.79 Å². The molecule has 1 fully saturated rings. The minimum absolute atomic E-state index is 0. The van der Waals surface area contributed by atoms with Crippen LogP contribution in [0, 0.1) is 0 Å². The van der Waals surface area contributed by atoms with E-state index < -0.39 is 0 Å². The van der Waals surface area contributed by atoms with Crippen LogP contribution in [0.5, 0.6) is 11.6 Å². The molecule has 242 valence electrons. The van der Waals surface area contributed by atoms with E-state index in [1.54, 1.807) is 11.0 Å². The van der Waals surface area contributed by atoms with Gasteiger partial charge in [0.05, 0.1) is 5.52 Å². The van der Waals surface area contributed by atoms with Crippen molar-refractivity contribution >= 4 is 41.9 Å². The highest BCUT2D eigenvalue weighted by Crippen LogP contribution is 2.32. The molecule has 1 atom stereocenters. The lowest BCUT2D eigenvalue weighted by Gasteiger charge is -2.32. The van der Waals surface area contributed by atoms with Crippen LogP contribution in [0.15, 0.2) is 66.7 Å². The zero-order valence-corrected chi connectivity index (χ0v) is 27.1. The number of carbonyl (C=O) groups is 1. The Morgan fingerprint density at radius 3 is 2.59 bits per heavy atom. The molecular formula is C32H36Cl2N8O4. The fourth-order valence-corrected chi connectivity index (χ4v) is 5.13. The number of tetrazole rings is 1. The molecule has 0 aliphatic carbocycles. The molecule has 1 aliphatic rings. The highest BCUT2D eigenvalue weighted by atomic mass is 35.5. The summed E-state index contributed by atoms with van der Waals surface area (Å²) in [7, 11) is 0. The standard InChI is InChI=1S/C32H34N8O4.2ClH/c1-3-24-18-28(44-20-22-9-10-25(23-7-5-4-6-8-23)26(17-22)31-36-38-39-37-31)30-27(34-24)11-12-29(35-30)42-15-16-43-32(41)40-14-13-33-19-21(40)2;;/h4-12,17-18,21,33H,3,13-16,19-20H2,1-2H3,(H,36,37,38,39);2*1H. The van der Waals surface area contributed by atoms with E-state index in [4.69, 9.17) is 24.2 Å². The predicted molar refractivity (Wildman–Crippen MR) is 179 cm³/mol. The van der Waals surface area contributed by atoms with Crippen LogP contribution >= 0.6 is 24.8 Å². The maximum Gasteiger partial charge on any atom is 0.410 e. The Kier molecular flexibility index (Phi) is 12.1. The zero-order valence-electron chi connectivity index (χ0n) is 25.5. The Labute approximate surface area is 279 Å². The summed E-state index contributed by atoms with van der Waals surface area (Å²) in [5, 5.41) is 18.0. The second-order valence-corrected chi connectivity index (χ2v) is 10.5. The second-order valence-electron chi connectivity index (χ2n) is 10.5. The molecule has 5 aromatic rings. The van der Waals surface area contributed by atoms with Crippen LogP contribution in [0.1, 0.15) is 25.1 Å². The molecule has 3 aromatic heterocycles. The van der Waals surface area contributed by atoms with Crippen molar-refractivity contribution in [2.24, 2.45) is 0 Å². The van der Waals surface area contributed by atoms with Gasteiger partial charge in [-0.25, -0.2) is 9.78 Å². The number of pyridine rings is 2. The maximum absolute atomic E-state index is 12.4. The van der Waals surface area contributed by atoms with Gasteiger partial charge in [-0.1, -0.05) is 49.4 Å². The number of halogens is 2. The summed E-state index contributed by atoms with van der Waals surface area (Å²) < 4.78 is 17.6. The second kappa shape index (κ2) is 16.2. The smallest absolute Gasteiger partial charge is 0.410 e. The number of carbonyl (C=O) groups excluding carboxylic acids is 1. The van der Waals surface area contributed by atoms with Crippen molar-refractivity contribution in [3.63, 3.8) is 0 Å². The Hall–Kier alpha value is -4.52. The third-order valence-corrected chi connectivity index (χ3v) is 7.45. The number of nitrogens with zero attached hydrogens (tertiary/aromatic N) is 6. The van der Waals surface area contributed by atoms with Gasteiger partial charge in [0.25, 0.3) is 0 Å². The molecule has 1 aliphatic heterocycles. The number of aryl methyl sites for hydroxylation is 1. The normalized spacial score (nSPS) is 14.2. The molecule has 6 rings (SSSR count). The van der Waals surface area contributed by atoms with Crippen molar-refractivity contribution in [3.05, 3.63) is 78.0 Å². The number of piperazine rings is 1. The van der Waals surface area contributed by atoms with Crippen LogP contribution in [-0.4, -0.2) is 80.5 Å². The van der Waals surface area contributed by atoms with Crippen molar-refractivity contribution < 1.29 is 19.0 Å². The van der Waals surface area contributed by atoms with E-state index in [2.05, 4.69) is 25.9 Å². The number of aromatic amines is 1. The van der Waals surface area contributed by atoms with Gasteiger partial charge in [0.1, 0.15) is 31.1 Å². The number of ether oxygens (including phenoxy) is 3. The first-order valence-electron chi connectivity index (χ1n) is 14.7. The third-order valence-electron chi connectivity index (χ3n) is 7.45. The van der Waals surface area contributed by atoms with Gasteiger partial charge in [0, 0.05) is 49.1 Å². The van der Waals surface area contributed by atoms with Gasteiger partial charge in [0.15, 0.2) is 0 Å². The lowest BCUT2D eigenvalue weighted by Crippen LogP contribution is -2.52. The minimum atomic E-state index is -0.333. The van der Waals surface area contributed by atoms with Gasteiger partial charge in [-0.15, -0.1) is 35.0 Å². The van der Waals surface area contributed by atoms with Gasteiger partial charge in [-0.2, -0.15) is 5.21 Å². The van der Waals surface area contributed by atoms with Crippen molar-refractivity contribution in [1.82, 2.24) is 40.8 Å². The van der Waals surface area contributed by atoms with E-state index in [9.17, 15) is 4.79 Å². The molecule has 1 amide bonds. The van der Waals surface area contributed by atoms with Gasteiger partial charge in [-0.05, 0) is 47.4 Å². The monoisotopic (exact) mass is 666 g/mol. The lowest BCUT2D eigenvalue weighted by molar-refractivity contribution is 0.0699. The number of fused-ring (bicyclic) bond motifs is 1. The molecule has 2 aromatic carbocycles. The summed E-state index contributed by atoms with van der Waals surface area (Å²) in [5.41, 5.74) is 6.01. The predicted octanol–water partition coefficient (Wildman–Crippen LogP) is 5.27. The first-order chi connectivity index (χ1) is 21.6. The average molecular weight is 668 g/mol. The fraction of sp³-hybridized carbons (Fsp3) is 0.312. The highest BCUT2D eigenvalue weighted by molar-refractivity contribution is 5.86. The number of nitrogens with one attached hydrogen (secondary N) is 2. The maximum atomic E-state index is 12.4. The molecule has 4 heterocycles. The number of rotatable bonds is 10. The van der Waals surface area contributed by atoms with Gasteiger partial charge < -0.3 is 24.4 Å². The van der Waals surface area contributed by atoms with Gasteiger partial charge >= 0.3 is 6.09 Å². The lowest BCUT2D eigenvalue weighted by atomic mass is 9.97. The van der Waals surface area contributed by atoms with Crippen LogP contribution < -0.4 is 14.8 Å². The van der Waals surface area contributed by atoms with E-state index >= 15 is 0 Å². The van der Waals surface area contributed by atoms with E-state index in [1.807, 2.05) is 74.5 Å². The Morgan fingerprint density at radius 1 is 0.978 bits per heavy atom. The minimum Gasteiger partial charge on any atom is -0.486 e. The fourth-order valence-electron chi connectivity index (χ4n) is 5.13. The summed E-state index contributed by atoms with van der Waals surface area (Å²) in [6, 6.07) is 21.8. The molecule has 2 N–H and O–H groups in total. The zero-order chi connectivity index (χ0) is 30.3. The van der Waals surface area contributed by atoms with Crippen molar-refractivity contribution in [3.8, 4) is 34.1 Å². The van der Waals surface area contributed by atoms with Crippen molar-refractivity contribution in [1.29, 1.82) is 0 Å². The SMILES string of the molecule is CCc1cc(OCc2ccc(-c3ccccc3)c(-c3nn[nH]n3)c2)c2nc(OCCOC(=O)N3CCNCC3C)ccc2n1.Cl.Cl. The van der Waals surface area contributed by atoms with E-state index in [1.165, 1.54) is 0 Å². The average Bonchev–Trinajstić information content (AvgIpc) is 3.61. The van der Waals surface area contributed by atoms with E-state index in [-0.39, 0.29) is 56.8 Å². The number of H-pyrrole nitrogens is 1. The number of benzene rings is 2. The molecule has 0 saturated carbocycles. The molecule has 0 spiro atoms. The number of aromatic nitrogens is 6. The van der Waals surface area contributed by atoms with Crippen molar-refractivity contribution in [2.75, 3.05) is 32.8 Å². The molecule has 14 heteroatoms. The largest absolute Gasteiger partial charge is 0.486 e. The Balaban J connectivity index is 0.00000240. The molecule has 0 bridgehead atoms. The number of amides is 1. The first-order valence-corrected chi connectivity index (χ1v) is 14.7. The molecular weight excluding hydrogens is 631 g/mol. The third kappa shape index (κ3) is 8.00. The number of hydrogen-bond donors (Lipinski definition) is 2. The highest BCUT2D eigenvalue weighted by Gasteiger charge is 2.24. The van der Waals surface area contributed by atoms with Gasteiger partial charge in [-0.3, -0.25) is 4.98 Å². The van der Waals surface area contributed by atoms with E-state index in [0.717, 1.165) is 47.5 Å². The summed E-state index contributed by atoms with van der Waals surface area (Å²) in [4.78, 5) is 23.6. The molecule has 1 saturated heterocycles.